The highest BCUT2D eigenvalue weighted by molar-refractivity contribution is 7.98. The van der Waals surface area contributed by atoms with Gasteiger partial charge >= 0.3 is 0 Å². The van der Waals surface area contributed by atoms with Crippen molar-refractivity contribution in [3.05, 3.63) is 59.3 Å². The molecule has 0 saturated carbocycles. The van der Waals surface area contributed by atoms with Crippen LogP contribution < -0.4 is 4.90 Å². The molecule has 0 N–H and O–H groups in total. The number of amides is 1. The molecule has 0 atom stereocenters. The minimum atomic E-state index is -0.0516. The fourth-order valence-corrected chi connectivity index (χ4v) is 5.38. The van der Waals surface area contributed by atoms with E-state index in [4.69, 9.17) is 9.40 Å². The van der Waals surface area contributed by atoms with Gasteiger partial charge in [0.1, 0.15) is 0 Å². The van der Waals surface area contributed by atoms with Crippen LogP contribution in [0.25, 0.3) is 11.6 Å². The van der Waals surface area contributed by atoms with Crippen LogP contribution in [0.4, 0.5) is 10.8 Å². The van der Waals surface area contributed by atoms with Gasteiger partial charge in [0.15, 0.2) is 21.9 Å². The largest absolute Gasteiger partial charge is 0.461 e. The number of benzene rings is 1. The van der Waals surface area contributed by atoms with Crippen molar-refractivity contribution in [3.8, 4) is 11.6 Å². The Balaban J connectivity index is 1.55. The maximum Gasteiger partial charge on any atom is 0.230 e. The monoisotopic (exact) mass is 481 g/mol. The van der Waals surface area contributed by atoms with E-state index in [1.165, 1.54) is 11.3 Å². The lowest BCUT2D eigenvalue weighted by molar-refractivity contribution is -0.115. The fraction of sp³-hybridized carbons (Fsp3) is 0.333. The van der Waals surface area contributed by atoms with Crippen LogP contribution in [0.1, 0.15) is 39.0 Å². The molecule has 4 aromatic rings. The van der Waals surface area contributed by atoms with Gasteiger partial charge in [0.2, 0.25) is 5.91 Å². The molecule has 0 saturated heterocycles. The predicted molar refractivity (Wildman–Crippen MR) is 133 cm³/mol. The zero-order valence-corrected chi connectivity index (χ0v) is 20.8. The Morgan fingerprint density at radius 3 is 2.73 bits per heavy atom. The van der Waals surface area contributed by atoms with E-state index in [1.54, 1.807) is 29.8 Å². The van der Waals surface area contributed by atoms with Gasteiger partial charge in [-0.1, -0.05) is 50.7 Å². The minimum absolute atomic E-state index is 0.0516. The van der Waals surface area contributed by atoms with Gasteiger partial charge in [-0.15, -0.1) is 21.5 Å². The van der Waals surface area contributed by atoms with Crippen molar-refractivity contribution >= 4 is 39.8 Å². The molecule has 1 aromatic carbocycles. The predicted octanol–water partition coefficient (Wildman–Crippen LogP) is 6.19. The Bertz CT molecular complexity index is 1210. The van der Waals surface area contributed by atoms with Crippen molar-refractivity contribution < 1.29 is 9.21 Å². The van der Waals surface area contributed by atoms with Crippen LogP contribution in [0.2, 0.25) is 0 Å². The van der Waals surface area contributed by atoms with Crippen LogP contribution in [-0.2, 0) is 23.5 Å². The number of anilines is 2. The van der Waals surface area contributed by atoms with Gasteiger partial charge in [-0.05, 0) is 36.1 Å². The number of aryl methyl sites for hydroxylation is 1. The number of thiazole rings is 1. The van der Waals surface area contributed by atoms with E-state index in [-0.39, 0.29) is 5.91 Å². The van der Waals surface area contributed by atoms with E-state index in [9.17, 15) is 4.79 Å². The molecule has 0 unspecified atom stereocenters. The number of rotatable bonds is 9. The number of hydrogen-bond acceptors (Lipinski definition) is 7. The second kappa shape index (κ2) is 10.4. The minimum Gasteiger partial charge on any atom is -0.461 e. The molecule has 4 rings (SSSR count). The summed E-state index contributed by atoms with van der Waals surface area (Å²) in [5, 5.41) is 12.3. The first kappa shape index (κ1) is 23.3. The SMILES string of the molecule is CCc1ccccc1N(C(C)=O)c1nc(CSc2nnc(-c3ccco3)n2CC(C)C)cs1. The Morgan fingerprint density at radius 1 is 1.21 bits per heavy atom. The second-order valence-electron chi connectivity index (χ2n) is 8.03. The number of para-hydroxylation sites is 1. The number of carbonyl (C=O) groups is 1. The van der Waals surface area contributed by atoms with Crippen molar-refractivity contribution in [1.82, 2.24) is 19.7 Å². The van der Waals surface area contributed by atoms with E-state index >= 15 is 0 Å². The number of furan rings is 1. The number of hydrogen-bond donors (Lipinski definition) is 0. The zero-order chi connectivity index (χ0) is 23.4. The molecule has 33 heavy (non-hydrogen) atoms. The summed E-state index contributed by atoms with van der Waals surface area (Å²) in [4.78, 5) is 19.0. The van der Waals surface area contributed by atoms with Gasteiger partial charge in [-0.25, -0.2) is 4.98 Å². The lowest BCUT2D eigenvalue weighted by atomic mass is 10.1. The summed E-state index contributed by atoms with van der Waals surface area (Å²) >= 11 is 3.06. The first-order chi connectivity index (χ1) is 16.0. The normalized spacial score (nSPS) is 11.3. The first-order valence-corrected chi connectivity index (χ1v) is 12.8. The lowest BCUT2D eigenvalue weighted by Gasteiger charge is -2.20. The average molecular weight is 482 g/mol. The average Bonchev–Trinajstić information content (AvgIpc) is 3.54. The molecule has 0 spiro atoms. The molecule has 0 aliphatic rings. The molecule has 9 heteroatoms. The Morgan fingerprint density at radius 2 is 2.03 bits per heavy atom. The quantitative estimate of drug-likeness (QED) is 0.265. The molecular formula is C24H27N5O2S2. The zero-order valence-electron chi connectivity index (χ0n) is 19.2. The van der Waals surface area contributed by atoms with Crippen molar-refractivity contribution in [2.24, 2.45) is 5.92 Å². The molecule has 1 amide bonds. The highest BCUT2D eigenvalue weighted by Crippen LogP contribution is 2.34. The molecule has 0 fully saturated rings. The van der Waals surface area contributed by atoms with Crippen LogP contribution in [0.15, 0.2) is 57.6 Å². The standard InChI is InChI=1S/C24H27N5O2S2/c1-5-18-9-6-7-10-20(18)29(17(4)30)23-25-19(14-32-23)15-33-24-27-26-22(21-11-8-12-31-21)28(24)13-16(2)3/h6-12,14,16H,5,13,15H2,1-4H3. The van der Waals surface area contributed by atoms with Gasteiger partial charge < -0.3 is 4.42 Å². The van der Waals surface area contributed by atoms with Gasteiger partial charge in [-0.3, -0.25) is 14.3 Å². The number of nitrogens with zero attached hydrogens (tertiary/aromatic N) is 5. The Hall–Kier alpha value is -2.91. The summed E-state index contributed by atoms with van der Waals surface area (Å²) in [7, 11) is 0. The third kappa shape index (κ3) is 5.20. The Labute approximate surface area is 201 Å². The molecule has 172 valence electrons. The molecule has 0 aliphatic carbocycles. The van der Waals surface area contributed by atoms with Crippen molar-refractivity contribution in [1.29, 1.82) is 0 Å². The molecule has 3 aromatic heterocycles. The van der Waals surface area contributed by atoms with E-state index < -0.39 is 0 Å². The van der Waals surface area contributed by atoms with Crippen LogP contribution in [0.5, 0.6) is 0 Å². The summed E-state index contributed by atoms with van der Waals surface area (Å²) in [5.41, 5.74) is 2.91. The van der Waals surface area contributed by atoms with E-state index in [1.807, 2.05) is 41.8 Å². The van der Waals surface area contributed by atoms with Gasteiger partial charge in [0, 0.05) is 24.6 Å². The van der Waals surface area contributed by atoms with E-state index in [0.717, 1.165) is 40.9 Å². The van der Waals surface area contributed by atoms with Crippen LogP contribution >= 0.6 is 23.1 Å². The highest BCUT2D eigenvalue weighted by Gasteiger charge is 2.21. The maximum absolute atomic E-state index is 12.5. The second-order valence-corrected chi connectivity index (χ2v) is 9.81. The highest BCUT2D eigenvalue weighted by atomic mass is 32.2. The smallest absolute Gasteiger partial charge is 0.230 e. The summed E-state index contributed by atoms with van der Waals surface area (Å²) < 4.78 is 7.65. The summed E-state index contributed by atoms with van der Waals surface area (Å²) in [6.45, 7) is 8.78. The van der Waals surface area contributed by atoms with Gasteiger partial charge in [-0.2, -0.15) is 0 Å². The lowest BCUT2D eigenvalue weighted by Crippen LogP contribution is -2.23. The van der Waals surface area contributed by atoms with Crippen molar-refractivity contribution in [2.45, 2.75) is 51.6 Å². The fourth-order valence-electron chi connectivity index (χ4n) is 3.55. The van der Waals surface area contributed by atoms with Crippen molar-refractivity contribution in [3.63, 3.8) is 0 Å². The summed E-state index contributed by atoms with van der Waals surface area (Å²) in [6.07, 6.45) is 2.49. The van der Waals surface area contributed by atoms with Crippen LogP contribution in [0.3, 0.4) is 0 Å². The first-order valence-electron chi connectivity index (χ1n) is 10.9. The van der Waals surface area contributed by atoms with E-state index in [0.29, 0.717) is 22.6 Å². The molecule has 0 radical (unpaired) electrons. The molecule has 0 bridgehead atoms. The maximum atomic E-state index is 12.5. The molecule has 7 nitrogen and oxygen atoms in total. The third-order valence-corrected chi connectivity index (χ3v) is 6.89. The summed E-state index contributed by atoms with van der Waals surface area (Å²) in [6, 6.07) is 11.7. The van der Waals surface area contributed by atoms with Crippen LogP contribution in [0, 0.1) is 5.92 Å². The number of carbonyl (C=O) groups excluding carboxylic acids is 1. The molecular weight excluding hydrogens is 454 g/mol. The van der Waals surface area contributed by atoms with Gasteiger partial charge in [0.25, 0.3) is 0 Å². The van der Waals surface area contributed by atoms with Crippen molar-refractivity contribution in [2.75, 3.05) is 4.90 Å². The molecule has 0 aliphatic heterocycles. The third-order valence-electron chi connectivity index (χ3n) is 5.01. The van der Waals surface area contributed by atoms with Crippen LogP contribution in [-0.4, -0.2) is 25.7 Å². The Kier molecular flexibility index (Phi) is 7.29. The van der Waals surface area contributed by atoms with Gasteiger partial charge in [0.05, 0.1) is 17.6 Å². The topological polar surface area (TPSA) is 77.1 Å². The number of thioether (sulfide) groups is 1. The molecule has 3 heterocycles. The van der Waals surface area contributed by atoms with E-state index in [2.05, 4.69) is 35.5 Å². The number of aromatic nitrogens is 4. The summed E-state index contributed by atoms with van der Waals surface area (Å²) in [5.74, 6) is 2.45.